The summed E-state index contributed by atoms with van der Waals surface area (Å²) in [4.78, 5) is 2.45. The maximum absolute atomic E-state index is 2.45. The number of unbranched alkanes of at least 4 members (excludes halogenated alkanes) is 1. The van der Waals surface area contributed by atoms with Crippen LogP contribution in [0.5, 0.6) is 0 Å². The van der Waals surface area contributed by atoms with Crippen LogP contribution in [0.25, 0.3) is 0 Å². The summed E-state index contributed by atoms with van der Waals surface area (Å²) in [5.74, 6) is 0. The zero-order chi connectivity index (χ0) is 6.53. The zero-order valence-corrected chi connectivity index (χ0v) is 6.27. The monoisotopic (exact) mass is 126 g/mol. The smallest absolute Gasteiger partial charge is 0.0251 e. The maximum Gasteiger partial charge on any atom is 0.0251 e. The second-order valence-corrected chi connectivity index (χ2v) is 2.71. The predicted octanol–water partition coefficient (Wildman–Crippen LogP) is 2.04. The lowest BCUT2D eigenvalue weighted by molar-refractivity contribution is 0.397. The van der Waals surface area contributed by atoms with Crippen molar-refractivity contribution in [2.45, 2.75) is 32.6 Å². The quantitative estimate of drug-likeness (QED) is 0.559. The van der Waals surface area contributed by atoms with Gasteiger partial charge in [-0.25, -0.2) is 0 Å². The number of rotatable bonds is 3. The molecule has 1 nitrogen and oxygen atoms in total. The van der Waals surface area contributed by atoms with Crippen molar-refractivity contribution in [2.75, 3.05) is 13.1 Å². The van der Waals surface area contributed by atoms with E-state index in [1.807, 2.05) is 0 Å². The predicted molar refractivity (Wildman–Crippen MR) is 40.0 cm³/mol. The highest BCUT2D eigenvalue weighted by atomic mass is 15.1. The summed E-state index contributed by atoms with van der Waals surface area (Å²) in [6.45, 7) is 7.19. The Labute approximate surface area is 58.0 Å². The van der Waals surface area contributed by atoms with Crippen LogP contribution in [0.2, 0.25) is 0 Å². The number of hydrogen-bond acceptors (Lipinski definition) is 1. The van der Waals surface area contributed by atoms with Gasteiger partial charge in [0.2, 0.25) is 0 Å². The van der Waals surface area contributed by atoms with E-state index < -0.39 is 0 Å². The molecule has 1 aliphatic heterocycles. The number of likely N-dealkylation sites (tertiary alicyclic amines) is 1. The first-order valence-electron chi connectivity index (χ1n) is 4.01. The van der Waals surface area contributed by atoms with Gasteiger partial charge >= 0.3 is 0 Å². The fourth-order valence-electron chi connectivity index (χ4n) is 1.24. The molecule has 1 aliphatic rings. The van der Waals surface area contributed by atoms with Crippen molar-refractivity contribution in [3.8, 4) is 0 Å². The van der Waals surface area contributed by atoms with Crippen LogP contribution in [0.3, 0.4) is 0 Å². The van der Waals surface area contributed by atoms with Crippen LogP contribution in [0.4, 0.5) is 0 Å². The molecule has 0 aliphatic carbocycles. The van der Waals surface area contributed by atoms with Crippen molar-refractivity contribution >= 4 is 0 Å². The van der Waals surface area contributed by atoms with Gasteiger partial charge in [-0.2, -0.15) is 0 Å². The summed E-state index contributed by atoms with van der Waals surface area (Å²) in [5, 5.41) is 0. The van der Waals surface area contributed by atoms with E-state index in [1.54, 1.807) is 0 Å². The van der Waals surface area contributed by atoms with Crippen LogP contribution < -0.4 is 0 Å². The Hall–Kier alpha value is -0.0400. The molecule has 0 aromatic rings. The van der Waals surface area contributed by atoms with E-state index in [9.17, 15) is 0 Å². The van der Waals surface area contributed by atoms with Gasteiger partial charge in [-0.3, -0.25) is 4.90 Å². The van der Waals surface area contributed by atoms with Gasteiger partial charge in [0.15, 0.2) is 0 Å². The van der Waals surface area contributed by atoms with Crippen LogP contribution in [-0.4, -0.2) is 18.0 Å². The first-order chi connectivity index (χ1) is 4.43. The molecule has 1 radical (unpaired) electrons. The second-order valence-electron chi connectivity index (χ2n) is 2.71. The van der Waals surface area contributed by atoms with Gasteiger partial charge in [0, 0.05) is 6.54 Å². The molecular weight excluding hydrogens is 110 g/mol. The SMILES string of the molecule is CCC[CH]N1CCCC1. The van der Waals surface area contributed by atoms with E-state index >= 15 is 0 Å². The van der Waals surface area contributed by atoms with E-state index in [4.69, 9.17) is 0 Å². The summed E-state index contributed by atoms with van der Waals surface area (Å²) in [6.07, 6.45) is 5.36. The Bertz CT molecular complexity index is 65.0. The van der Waals surface area contributed by atoms with Crippen LogP contribution in [-0.2, 0) is 0 Å². The molecule has 1 fully saturated rings. The van der Waals surface area contributed by atoms with E-state index in [-0.39, 0.29) is 0 Å². The molecule has 0 unspecified atom stereocenters. The van der Waals surface area contributed by atoms with Crippen LogP contribution in [0, 0.1) is 6.54 Å². The third-order valence-electron chi connectivity index (χ3n) is 1.82. The van der Waals surface area contributed by atoms with Crippen LogP contribution in [0.1, 0.15) is 32.6 Å². The Balaban J connectivity index is 1.98. The van der Waals surface area contributed by atoms with Crippen molar-refractivity contribution in [3.05, 3.63) is 6.54 Å². The lowest BCUT2D eigenvalue weighted by atomic mass is 10.3. The van der Waals surface area contributed by atoms with E-state index in [2.05, 4.69) is 18.4 Å². The minimum Gasteiger partial charge on any atom is -0.299 e. The van der Waals surface area contributed by atoms with E-state index in [0.29, 0.717) is 0 Å². The Morgan fingerprint density at radius 3 is 2.56 bits per heavy atom. The summed E-state index contributed by atoms with van der Waals surface area (Å²) >= 11 is 0. The fourth-order valence-corrected chi connectivity index (χ4v) is 1.24. The highest BCUT2D eigenvalue weighted by molar-refractivity contribution is 4.73. The van der Waals surface area contributed by atoms with Gasteiger partial charge in [0.1, 0.15) is 0 Å². The van der Waals surface area contributed by atoms with Crippen LogP contribution >= 0.6 is 0 Å². The first-order valence-corrected chi connectivity index (χ1v) is 4.01. The van der Waals surface area contributed by atoms with Gasteiger partial charge in [-0.1, -0.05) is 13.3 Å². The average Bonchev–Trinajstić information content (AvgIpc) is 2.34. The molecule has 1 saturated heterocycles. The third kappa shape index (κ3) is 2.35. The minimum atomic E-state index is 1.26. The molecule has 53 valence electrons. The summed E-state index contributed by atoms with van der Waals surface area (Å²) in [6, 6.07) is 0. The highest BCUT2D eigenvalue weighted by Crippen LogP contribution is 2.10. The first kappa shape index (κ1) is 7.07. The molecule has 0 saturated carbocycles. The molecule has 0 aromatic heterocycles. The van der Waals surface area contributed by atoms with Gasteiger partial charge in [0.05, 0.1) is 0 Å². The largest absolute Gasteiger partial charge is 0.299 e. The van der Waals surface area contributed by atoms with Crippen molar-refractivity contribution in [1.82, 2.24) is 4.90 Å². The molecule has 9 heavy (non-hydrogen) atoms. The molecule has 0 aromatic carbocycles. The zero-order valence-electron chi connectivity index (χ0n) is 6.27. The molecule has 1 heteroatoms. The average molecular weight is 126 g/mol. The molecule has 1 heterocycles. The Morgan fingerprint density at radius 2 is 2.00 bits per heavy atom. The van der Waals surface area contributed by atoms with E-state index in [0.717, 1.165) is 0 Å². The van der Waals surface area contributed by atoms with Crippen LogP contribution in [0.15, 0.2) is 0 Å². The molecule has 0 atom stereocenters. The maximum atomic E-state index is 2.45. The minimum absolute atomic E-state index is 1.26. The Kier molecular flexibility index (Phi) is 3.05. The summed E-state index contributed by atoms with van der Waals surface area (Å²) in [7, 11) is 0. The van der Waals surface area contributed by atoms with Crippen molar-refractivity contribution in [3.63, 3.8) is 0 Å². The fraction of sp³-hybridized carbons (Fsp3) is 0.875. The van der Waals surface area contributed by atoms with Crippen molar-refractivity contribution in [1.29, 1.82) is 0 Å². The Morgan fingerprint density at radius 1 is 1.33 bits per heavy atom. The van der Waals surface area contributed by atoms with Crippen molar-refractivity contribution in [2.24, 2.45) is 0 Å². The van der Waals surface area contributed by atoms with E-state index in [1.165, 1.54) is 38.8 Å². The molecule has 0 N–H and O–H groups in total. The summed E-state index contributed by atoms with van der Waals surface area (Å²) in [5.41, 5.74) is 0. The molecular formula is C8H16N. The standard InChI is InChI=1S/C8H16N/c1-2-3-6-9-7-4-5-8-9/h6H,2-5,7-8H2,1H3. The van der Waals surface area contributed by atoms with Crippen molar-refractivity contribution < 1.29 is 0 Å². The lowest BCUT2D eigenvalue weighted by Gasteiger charge is -2.11. The highest BCUT2D eigenvalue weighted by Gasteiger charge is 2.09. The molecule has 0 spiro atoms. The number of nitrogens with zero attached hydrogens (tertiary/aromatic N) is 1. The third-order valence-corrected chi connectivity index (χ3v) is 1.82. The molecule has 1 rings (SSSR count). The van der Waals surface area contributed by atoms with Gasteiger partial charge in [-0.05, 0) is 32.4 Å². The van der Waals surface area contributed by atoms with Gasteiger partial charge in [-0.15, -0.1) is 0 Å². The van der Waals surface area contributed by atoms with Gasteiger partial charge in [0.25, 0.3) is 0 Å². The number of hydrogen-bond donors (Lipinski definition) is 0. The second kappa shape index (κ2) is 3.89. The van der Waals surface area contributed by atoms with Gasteiger partial charge < -0.3 is 0 Å². The topological polar surface area (TPSA) is 3.24 Å². The molecule has 0 amide bonds. The normalized spacial score (nSPS) is 21.0. The summed E-state index contributed by atoms with van der Waals surface area (Å²) < 4.78 is 0. The molecule has 0 bridgehead atoms. The lowest BCUT2D eigenvalue weighted by Crippen LogP contribution is -2.14.